The van der Waals surface area contributed by atoms with Gasteiger partial charge in [0.05, 0.1) is 0 Å². The topological polar surface area (TPSA) is 110 Å². The molecule has 4 rings (SSSR count). The zero-order chi connectivity index (χ0) is 25.6. The molecule has 36 heavy (non-hydrogen) atoms. The fourth-order valence-corrected chi connectivity index (χ4v) is 6.60. The number of hydrogen-bond donors (Lipinski definition) is 2. The summed E-state index contributed by atoms with van der Waals surface area (Å²) in [6, 6.07) is 32.3. The van der Waals surface area contributed by atoms with Gasteiger partial charge in [-0.1, -0.05) is 0 Å². The molecular weight excluding hydrogens is 521 g/mol. The van der Waals surface area contributed by atoms with E-state index < -0.39 is 38.1 Å². The Bertz CT molecular complexity index is 1160. The number of carbonyl (C=O) groups is 2. The third-order valence-electron chi connectivity index (χ3n) is 5.80. The first kappa shape index (κ1) is 24.9. The Labute approximate surface area is 212 Å². The summed E-state index contributed by atoms with van der Waals surface area (Å²) < 4.78 is 25.3. The molecule has 0 fully saturated rings. The van der Waals surface area contributed by atoms with Gasteiger partial charge in [0.2, 0.25) is 0 Å². The summed E-state index contributed by atoms with van der Waals surface area (Å²) in [5, 5.41) is 20.8. The van der Waals surface area contributed by atoms with Crippen LogP contribution in [0.1, 0.15) is 22.3 Å². The SMILES string of the molecule is O=C(O)C([O][Ge](=[O])[O]C(C(=O)O)(c1ccccc1)c1ccccc1)(c1ccccc1)c1ccccc1. The van der Waals surface area contributed by atoms with Crippen molar-refractivity contribution < 1.29 is 31.1 Å². The Morgan fingerprint density at radius 2 is 0.722 bits per heavy atom. The Balaban J connectivity index is 1.85. The minimum absolute atomic E-state index is 0.216. The van der Waals surface area contributed by atoms with E-state index in [1.54, 1.807) is 121 Å². The summed E-state index contributed by atoms with van der Waals surface area (Å²) in [4.78, 5) is 25.6. The molecule has 0 amide bonds. The molecule has 0 saturated heterocycles. The fourth-order valence-electron chi connectivity index (χ4n) is 4.11. The second-order valence-electron chi connectivity index (χ2n) is 7.89. The van der Waals surface area contributed by atoms with Crippen molar-refractivity contribution in [1.82, 2.24) is 0 Å². The molecule has 7 nitrogen and oxygen atoms in total. The van der Waals surface area contributed by atoms with Crippen LogP contribution in [0.15, 0.2) is 121 Å². The summed E-state index contributed by atoms with van der Waals surface area (Å²) in [5.41, 5.74) is -3.50. The first-order valence-corrected chi connectivity index (χ1v) is 13.6. The quantitative estimate of drug-likeness (QED) is 0.284. The maximum absolute atomic E-state index is 13.7. The molecule has 180 valence electrons. The summed E-state index contributed by atoms with van der Waals surface area (Å²) in [6.45, 7) is 0. The second kappa shape index (κ2) is 10.6. The van der Waals surface area contributed by atoms with Gasteiger partial charge in [-0.3, -0.25) is 0 Å². The predicted octanol–water partition coefficient (Wildman–Crippen LogP) is 4.49. The third kappa shape index (κ3) is 4.53. The average Bonchev–Trinajstić information content (AvgIpc) is 2.92. The van der Waals surface area contributed by atoms with Crippen molar-refractivity contribution in [2.24, 2.45) is 0 Å². The van der Waals surface area contributed by atoms with Gasteiger partial charge in [-0.05, 0) is 0 Å². The van der Waals surface area contributed by atoms with Crippen molar-refractivity contribution in [3.05, 3.63) is 144 Å². The van der Waals surface area contributed by atoms with Crippen molar-refractivity contribution >= 4 is 26.9 Å². The maximum atomic E-state index is 13.7. The van der Waals surface area contributed by atoms with Crippen molar-refractivity contribution in [3.8, 4) is 0 Å². The van der Waals surface area contributed by atoms with Crippen LogP contribution in [-0.2, 0) is 32.1 Å². The molecule has 8 heteroatoms. The van der Waals surface area contributed by atoms with Gasteiger partial charge in [0.1, 0.15) is 0 Å². The van der Waals surface area contributed by atoms with E-state index in [9.17, 15) is 23.6 Å². The van der Waals surface area contributed by atoms with Gasteiger partial charge < -0.3 is 0 Å². The van der Waals surface area contributed by atoms with Gasteiger partial charge in [-0.15, -0.1) is 0 Å². The van der Waals surface area contributed by atoms with Crippen LogP contribution in [0.4, 0.5) is 0 Å². The molecule has 0 saturated carbocycles. The van der Waals surface area contributed by atoms with E-state index in [0.717, 1.165) is 0 Å². The number of aliphatic carboxylic acids is 2. The summed E-state index contributed by atoms with van der Waals surface area (Å²) in [7, 11) is 0. The average molecular weight is 543 g/mol. The van der Waals surface area contributed by atoms with Gasteiger partial charge in [-0.25, -0.2) is 0 Å². The first-order chi connectivity index (χ1) is 17.4. The molecule has 2 N–H and O–H groups in total. The molecule has 0 bridgehead atoms. The van der Waals surface area contributed by atoms with Crippen LogP contribution in [-0.4, -0.2) is 37.1 Å². The monoisotopic (exact) mass is 544 g/mol. The standard InChI is InChI=1S/C28H22GeO7/c30-25(31)27(21-13-5-1-6-14-21,22-15-7-2-8-16-22)35-29(34)36-28(26(32)33,23-17-9-3-10-18-23)24-19-11-4-12-20-24/h1-20H,(H,30,31)(H,32,33). The van der Waals surface area contributed by atoms with E-state index in [1.165, 1.54) is 0 Å². The van der Waals surface area contributed by atoms with E-state index in [4.69, 9.17) is 7.53 Å². The zero-order valence-corrected chi connectivity index (χ0v) is 21.1. The molecule has 0 aromatic heterocycles. The molecule has 0 atom stereocenters. The molecule has 0 aliphatic heterocycles. The Morgan fingerprint density at radius 3 is 0.917 bits per heavy atom. The van der Waals surface area contributed by atoms with Crippen LogP contribution >= 0.6 is 0 Å². The van der Waals surface area contributed by atoms with E-state index in [0.29, 0.717) is 0 Å². The van der Waals surface area contributed by atoms with E-state index in [-0.39, 0.29) is 22.3 Å². The fraction of sp³-hybridized carbons (Fsp3) is 0.0714. The normalized spacial score (nSPS) is 11.3. The van der Waals surface area contributed by atoms with Crippen LogP contribution in [0.3, 0.4) is 0 Å². The van der Waals surface area contributed by atoms with Gasteiger partial charge in [0.25, 0.3) is 0 Å². The minimum atomic E-state index is -4.60. The van der Waals surface area contributed by atoms with Gasteiger partial charge in [0.15, 0.2) is 0 Å². The van der Waals surface area contributed by atoms with Gasteiger partial charge in [-0.2, -0.15) is 0 Å². The van der Waals surface area contributed by atoms with Crippen LogP contribution in [0.5, 0.6) is 0 Å². The van der Waals surface area contributed by atoms with E-state index in [1.807, 2.05) is 0 Å². The molecule has 0 spiro atoms. The van der Waals surface area contributed by atoms with Crippen molar-refractivity contribution in [3.63, 3.8) is 0 Å². The molecule has 0 heterocycles. The van der Waals surface area contributed by atoms with Gasteiger partial charge in [0, 0.05) is 0 Å². The third-order valence-corrected chi connectivity index (χ3v) is 7.78. The Hall–Kier alpha value is -4.24. The number of hydrogen-bond acceptors (Lipinski definition) is 5. The number of benzene rings is 4. The van der Waals surface area contributed by atoms with E-state index in [2.05, 4.69) is 0 Å². The molecule has 0 radical (unpaired) electrons. The van der Waals surface area contributed by atoms with Crippen LogP contribution in [0.25, 0.3) is 0 Å². The molecule has 0 aliphatic carbocycles. The summed E-state index contributed by atoms with van der Waals surface area (Å²) in [5.74, 6) is -2.82. The molecule has 4 aromatic carbocycles. The Kier molecular flexibility index (Phi) is 7.31. The zero-order valence-electron chi connectivity index (χ0n) is 19.0. The van der Waals surface area contributed by atoms with Crippen molar-refractivity contribution in [1.29, 1.82) is 0 Å². The van der Waals surface area contributed by atoms with Crippen molar-refractivity contribution in [2.75, 3.05) is 0 Å². The second-order valence-corrected chi connectivity index (χ2v) is 9.80. The first-order valence-electron chi connectivity index (χ1n) is 11.0. The number of carboxylic acid groups (broad SMARTS) is 2. The predicted molar refractivity (Wildman–Crippen MR) is 131 cm³/mol. The van der Waals surface area contributed by atoms with Crippen LogP contribution in [0.2, 0.25) is 0 Å². The molecule has 4 aromatic rings. The van der Waals surface area contributed by atoms with Crippen LogP contribution < -0.4 is 0 Å². The molecule has 0 aliphatic rings. The van der Waals surface area contributed by atoms with Crippen molar-refractivity contribution in [2.45, 2.75) is 11.2 Å². The molecule has 0 unspecified atom stereocenters. The van der Waals surface area contributed by atoms with E-state index >= 15 is 0 Å². The summed E-state index contributed by atoms with van der Waals surface area (Å²) in [6.07, 6.45) is 0. The van der Waals surface area contributed by atoms with Gasteiger partial charge >= 0.3 is 213 Å². The number of carboxylic acids is 2. The summed E-state index contributed by atoms with van der Waals surface area (Å²) >= 11 is -4.60. The van der Waals surface area contributed by atoms with Crippen LogP contribution in [0, 0.1) is 0 Å². The number of rotatable bonds is 10. The molecular formula is C28H22GeO7. The Morgan fingerprint density at radius 1 is 0.500 bits per heavy atom.